The van der Waals surface area contributed by atoms with Crippen molar-refractivity contribution in [2.24, 2.45) is 0 Å². The van der Waals surface area contributed by atoms with Crippen LogP contribution in [0.15, 0.2) is 18.2 Å². The highest BCUT2D eigenvalue weighted by Gasteiger charge is 2.30. The third-order valence-electron chi connectivity index (χ3n) is 2.81. The number of hydrogen-bond donors (Lipinski definition) is 0. The van der Waals surface area contributed by atoms with Crippen molar-refractivity contribution in [3.05, 3.63) is 28.8 Å². The first kappa shape index (κ1) is 13.4. The Balaban J connectivity index is 2.22. The molecule has 0 aromatic heterocycles. The normalized spacial score (nSPS) is 21.8. The number of rotatable bonds is 3. The number of Topliss-reactive ketones (excluding diaryl/α,β-unsaturated/α-hetero) is 1. The second-order valence-electron chi connectivity index (χ2n) is 4.34. The number of carbonyl (C=O) groups excluding carboxylic acids is 1. The molecule has 4 nitrogen and oxygen atoms in total. The summed E-state index contributed by atoms with van der Waals surface area (Å²) in [4.78, 5) is 11.5. The molecule has 1 aromatic carbocycles. The van der Waals surface area contributed by atoms with Gasteiger partial charge in [-0.15, -0.1) is 0 Å². The zero-order valence-corrected chi connectivity index (χ0v) is 11.4. The van der Waals surface area contributed by atoms with Gasteiger partial charge in [0.1, 0.15) is 11.9 Å². The fourth-order valence-electron chi connectivity index (χ4n) is 1.91. The predicted molar refractivity (Wildman–Crippen MR) is 69.1 cm³/mol. The standard InChI is InChI=1S/C12H13ClO4S/c1-8(14)11-6-9(13)2-3-12(11)17-10-4-5-18(15,16)7-10/h2-3,6,10H,4-5,7H2,1H3. The van der Waals surface area contributed by atoms with Gasteiger partial charge in [0.2, 0.25) is 0 Å². The molecule has 18 heavy (non-hydrogen) atoms. The second-order valence-corrected chi connectivity index (χ2v) is 7.00. The van der Waals surface area contributed by atoms with E-state index in [-0.39, 0.29) is 23.4 Å². The van der Waals surface area contributed by atoms with Crippen LogP contribution in [0.2, 0.25) is 5.02 Å². The molecule has 0 spiro atoms. The predicted octanol–water partition coefficient (Wildman–Crippen LogP) is 2.11. The van der Waals surface area contributed by atoms with Crippen molar-refractivity contribution < 1.29 is 17.9 Å². The summed E-state index contributed by atoms with van der Waals surface area (Å²) in [5, 5.41) is 0.451. The molecule has 0 bridgehead atoms. The summed E-state index contributed by atoms with van der Waals surface area (Å²) in [6.07, 6.45) is 0.0803. The minimum atomic E-state index is -2.99. The number of sulfone groups is 1. The van der Waals surface area contributed by atoms with Gasteiger partial charge < -0.3 is 4.74 Å². The lowest BCUT2D eigenvalue weighted by molar-refractivity contribution is 0.101. The summed E-state index contributed by atoms with van der Waals surface area (Å²) in [6.45, 7) is 1.42. The van der Waals surface area contributed by atoms with E-state index >= 15 is 0 Å². The number of hydrogen-bond acceptors (Lipinski definition) is 4. The van der Waals surface area contributed by atoms with E-state index in [2.05, 4.69) is 0 Å². The van der Waals surface area contributed by atoms with Crippen LogP contribution in [0.25, 0.3) is 0 Å². The van der Waals surface area contributed by atoms with Crippen LogP contribution in [0.3, 0.4) is 0 Å². The molecule has 1 unspecified atom stereocenters. The Morgan fingerprint density at radius 3 is 2.72 bits per heavy atom. The Kier molecular flexibility index (Phi) is 3.64. The molecular weight excluding hydrogens is 276 g/mol. The number of ketones is 1. The fourth-order valence-corrected chi connectivity index (χ4v) is 3.68. The summed E-state index contributed by atoms with van der Waals surface area (Å²) in [6, 6.07) is 4.75. The first-order chi connectivity index (χ1) is 8.37. The van der Waals surface area contributed by atoms with Crippen LogP contribution in [0, 0.1) is 0 Å². The molecule has 1 atom stereocenters. The van der Waals surface area contributed by atoms with Gasteiger partial charge in [-0.1, -0.05) is 11.6 Å². The SMILES string of the molecule is CC(=O)c1cc(Cl)ccc1OC1CCS(=O)(=O)C1. The van der Waals surface area contributed by atoms with Crippen LogP contribution >= 0.6 is 11.6 Å². The monoisotopic (exact) mass is 288 g/mol. The number of benzene rings is 1. The van der Waals surface area contributed by atoms with Crippen molar-refractivity contribution in [1.29, 1.82) is 0 Å². The minimum absolute atomic E-state index is 0.00692. The fraction of sp³-hybridized carbons (Fsp3) is 0.417. The van der Waals surface area contributed by atoms with E-state index < -0.39 is 9.84 Å². The molecule has 1 fully saturated rings. The van der Waals surface area contributed by atoms with Gasteiger partial charge >= 0.3 is 0 Å². The molecule has 1 saturated heterocycles. The van der Waals surface area contributed by atoms with Crippen LogP contribution in [0.4, 0.5) is 0 Å². The van der Waals surface area contributed by atoms with E-state index in [1.807, 2.05) is 0 Å². The Bertz CT molecular complexity index is 580. The molecule has 0 aliphatic carbocycles. The maximum atomic E-state index is 11.5. The first-order valence-electron chi connectivity index (χ1n) is 5.55. The zero-order valence-electron chi connectivity index (χ0n) is 9.85. The Morgan fingerprint density at radius 1 is 1.44 bits per heavy atom. The third kappa shape index (κ3) is 3.03. The van der Waals surface area contributed by atoms with Gasteiger partial charge in [-0.25, -0.2) is 8.42 Å². The van der Waals surface area contributed by atoms with Gasteiger partial charge in [-0.2, -0.15) is 0 Å². The lowest BCUT2D eigenvalue weighted by atomic mass is 10.1. The lowest BCUT2D eigenvalue weighted by Crippen LogP contribution is -2.18. The number of ether oxygens (including phenoxy) is 1. The van der Waals surface area contributed by atoms with Crippen molar-refractivity contribution >= 4 is 27.2 Å². The smallest absolute Gasteiger partial charge is 0.163 e. The highest BCUT2D eigenvalue weighted by Crippen LogP contribution is 2.26. The minimum Gasteiger partial charge on any atom is -0.489 e. The van der Waals surface area contributed by atoms with E-state index in [9.17, 15) is 13.2 Å². The van der Waals surface area contributed by atoms with Gasteiger partial charge in [0, 0.05) is 5.02 Å². The van der Waals surface area contributed by atoms with E-state index in [1.54, 1.807) is 12.1 Å². The second kappa shape index (κ2) is 4.90. The topological polar surface area (TPSA) is 60.4 Å². The average Bonchev–Trinajstić information content (AvgIpc) is 2.60. The van der Waals surface area contributed by atoms with Crippen LogP contribution in [0.1, 0.15) is 23.7 Å². The molecule has 1 aliphatic rings. The van der Waals surface area contributed by atoms with Gasteiger partial charge in [-0.3, -0.25) is 4.79 Å². The molecule has 0 N–H and O–H groups in total. The molecule has 98 valence electrons. The van der Waals surface area contributed by atoms with Crippen LogP contribution in [0.5, 0.6) is 5.75 Å². The highest BCUT2D eigenvalue weighted by atomic mass is 35.5. The van der Waals surface area contributed by atoms with E-state index in [0.29, 0.717) is 22.8 Å². The molecule has 1 heterocycles. The zero-order chi connectivity index (χ0) is 13.3. The summed E-state index contributed by atoms with van der Waals surface area (Å²) in [7, 11) is -2.99. The van der Waals surface area contributed by atoms with Gasteiger partial charge in [0.05, 0.1) is 17.1 Å². The maximum Gasteiger partial charge on any atom is 0.163 e. The molecular formula is C12H13ClO4S. The molecule has 1 aromatic rings. The number of halogens is 1. The van der Waals surface area contributed by atoms with Crippen molar-refractivity contribution in [3.8, 4) is 5.75 Å². The molecule has 0 amide bonds. The van der Waals surface area contributed by atoms with Gasteiger partial charge in [0.15, 0.2) is 15.6 Å². The van der Waals surface area contributed by atoms with Crippen LogP contribution < -0.4 is 4.74 Å². The summed E-state index contributed by atoms with van der Waals surface area (Å²) < 4.78 is 28.3. The largest absolute Gasteiger partial charge is 0.489 e. The van der Waals surface area contributed by atoms with E-state index in [4.69, 9.17) is 16.3 Å². The first-order valence-corrected chi connectivity index (χ1v) is 7.75. The Morgan fingerprint density at radius 2 is 2.17 bits per heavy atom. The van der Waals surface area contributed by atoms with Gasteiger partial charge in [-0.05, 0) is 31.5 Å². The highest BCUT2D eigenvalue weighted by molar-refractivity contribution is 7.91. The van der Waals surface area contributed by atoms with Crippen molar-refractivity contribution in [1.82, 2.24) is 0 Å². The van der Waals surface area contributed by atoms with Crippen LogP contribution in [-0.4, -0.2) is 31.8 Å². The molecule has 2 rings (SSSR count). The van der Waals surface area contributed by atoms with Gasteiger partial charge in [0.25, 0.3) is 0 Å². The maximum absolute atomic E-state index is 11.5. The van der Waals surface area contributed by atoms with E-state index in [0.717, 1.165) is 0 Å². The lowest BCUT2D eigenvalue weighted by Gasteiger charge is -2.14. The van der Waals surface area contributed by atoms with Crippen molar-refractivity contribution in [2.75, 3.05) is 11.5 Å². The van der Waals surface area contributed by atoms with Crippen molar-refractivity contribution in [2.45, 2.75) is 19.4 Å². The summed E-state index contributed by atoms with van der Waals surface area (Å²) >= 11 is 5.82. The summed E-state index contributed by atoms with van der Waals surface area (Å²) in [5.74, 6) is 0.385. The molecule has 6 heteroatoms. The quantitative estimate of drug-likeness (QED) is 0.799. The Labute approximate surface area is 111 Å². The third-order valence-corrected chi connectivity index (χ3v) is 4.78. The molecule has 1 aliphatic heterocycles. The van der Waals surface area contributed by atoms with Crippen molar-refractivity contribution in [3.63, 3.8) is 0 Å². The molecule has 0 radical (unpaired) electrons. The van der Waals surface area contributed by atoms with E-state index in [1.165, 1.54) is 13.0 Å². The van der Waals surface area contributed by atoms with Crippen LogP contribution in [-0.2, 0) is 9.84 Å². The Hall–Kier alpha value is -1.07. The number of carbonyl (C=O) groups is 1. The molecule has 0 saturated carbocycles. The summed E-state index contributed by atoms with van der Waals surface area (Å²) in [5.41, 5.74) is 0.381. The average molecular weight is 289 g/mol.